The van der Waals surface area contributed by atoms with Gasteiger partial charge in [0.25, 0.3) is 0 Å². The van der Waals surface area contributed by atoms with E-state index in [0.29, 0.717) is 6.61 Å². The van der Waals surface area contributed by atoms with Crippen LogP contribution in [0.1, 0.15) is 171 Å². The first kappa shape index (κ1) is 46.8. The molecule has 1 aliphatic heterocycles. The first-order valence-electron chi connectivity index (χ1n) is 21.6. The van der Waals surface area contributed by atoms with E-state index in [-0.39, 0.29) is 24.9 Å². The number of carbonyl (C=O) groups is 1. The molecule has 0 bridgehead atoms. The highest BCUT2D eigenvalue weighted by Crippen LogP contribution is 2.38. The second-order valence-electron chi connectivity index (χ2n) is 16.0. The molecule has 0 aromatic carbocycles. The Kier molecular flexibility index (Phi) is 26.9. The lowest BCUT2D eigenvalue weighted by molar-refractivity contribution is -0.305. The minimum absolute atomic E-state index is 0.0216. The molecule has 0 radical (unpaired) electrons. The van der Waals surface area contributed by atoms with Gasteiger partial charge in [0.2, 0.25) is 6.29 Å². The third-order valence-corrected chi connectivity index (χ3v) is 14.9. The number of allylic oxidation sites excluding steroid dienone is 1. The highest BCUT2D eigenvalue weighted by Gasteiger charge is 2.51. The molecule has 1 saturated heterocycles. The van der Waals surface area contributed by atoms with Crippen LogP contribution in [0.4, 0.5) is 4.79 Å². The van der Waals surface area contributed by atoms with Crippen LogP contribution in [0.25, 0.3) is 0 Å². The summed E-state index contributed by atoms with van der Waals surface area (Å²) in [7, 11) is -2.20. The lowest BCUT2D eigenvalue weighted by Crippen LogP contribution is -2.62. The maximum absolute atomic E-state index is 13.0. The van der Waals surface area contributed by atoms with Gasteiger partial charge >= 0.3 is 6.16 Å². The van der Waals surface area contributed by atoms with Gasteiger partial charge in [-0.05, 0) is 37.9 Å². The predicted octanol–water partition coefficient (Wildman–Crippen LogP) is 12.6. The van der Waals surface area contributed by atoms with Crippen molar-refractivity contribution < 1.29 is 39.0 Å². The number of ether oxygens (including phenoxy) is 6. The molecule has 1 heterocycles. The molecule has 52 heavy (non-hydrogen) atoms. The van der Waals surface area contributed by atoms with Gasteiger partial charge in [0.1, 0.15) is 24.9 Å². The number of rotatable bonds is 32. The first-order valence-corrected chi connectivity index (χ1v) is 24.0. The average Bonchev–Trinajstić information content (AvgIpc) is 3.12. The maximum atomic E-state index is 13.0. The van der Waals surface area contributed by atoms with E-state index < -0.39 is 51.6 Å². The van der Waals surface area contributed by atoms with Gasteiger partial charge in [0.05, 0.1) is 12.9 Å². The lowest BCUT2D eigenvalue weighted by Gasteiger charge is -2.46. The Morgan fingerprint density at radius 2 is 1.29 bits per heavy atom. The van der Waals surface area contributed by atoms with Gasteiger partial charge < -0.3 is 32.8 Å². The summed E-state index contributed by atoms with van der Waals surface area (Å²) in [4.78, 5) is 13.0. The summed E-state index contributed by atoms with van der Waals surface area (Å²) in [6.07, 6.45) is 22.5. The fourth-order valence-corrected chi connectivity index (χ4v) is 7.07. The highest BCUT2D eigenvalue weighted by molar-refractivity contribution is 6.74. The third kappa shape index (κ3) is 21.5. The maximum Gasteiger partial charge on any atom is 0.509 e. The molecule has 0 amide bonds. The molecule has 0 N–H and O–H groups in total. The molecule has 1 rings (SSSR count). The summed E-state index contributed by atoms with van der Waals surface area (Å²) >= 11 is 0. The molecule has 8 nitrogen and oxygen atoms in total. The van der Waals surface area contributed by atoms with Crippen LogP contribution in [-0.4, -0.2) is 71.6 Å². The Bertz CT molecular complexity index is 942. The Balaban J connectivity index is 3.11. The molecule has 9 heteroatoms. The standard InChI is InChI=1S/C43H82O8Si/c1-10-14-16-18-20-22-23-24-25-27-29-31-35-46-40-39(45-34-30-28-26-21-19-17-15-11-2)38(51-42(44)48-33-13-4)37(50-41(40)47-32-12-3)36-49-52(8,9)43(5,6)7/h12-13,32,37-41H,4,10-11,14-31,33-36H2,1-3,5-9H3/b32-12+/t37-,38-,39+,40-,41?/m1/s1/i31D/t31?,37-,38-,39+,40-,41?. The van der Waals surface area contributed by atoms with Gasteiger partial charge in [-0.3, -0.25) is 0 Å². The van der Waals surface area contributed by atoms with Crippen molar-refractivity contribution in [2.45, 2.75) is 219 Å². The van der Waals surface area contributed by atoms with Crippen molar-refractivity contribution in [3.8, 4) is 0 Å². The second kappa shape index (κ2) is 29.9. The molecular formula is C43H82O8Si. The van der Waals surface area contributed by atoms with Crippen molar-refractivity contribution in [2.75, 3.05) is 26.4 Å². The van der Waals surface area contributed by atoms with Crippen LogP contribution in [-0.2, 0) is 32.8 Å². The Hall–Kier alpha value is -1.39. The average molecular weight is 756 g/mol. The quantitative estimate of drug-likeness (QED) is 0.0221. The molecule has 306 valence electrons. The minimum Gasteiger partial charge on any atom is -0.470 e. The topological polar surface area (TPSA) is 81.7 Å². The molecule has 0 aliphatic carbocycles. The molecule has 2 unspecified atom stereocenters. The number of unbranched alkanes of at least 4 members (excludes halogenated alkanes) is 16. The van der Waals surface area contributed by atoms with Crippen LogP contribution in [0.15, 0.2) is 25.0 Å². The molecule has 0 aromatic rings. The zero-order chi connectivity index (χ0) is 39.4. The normalized spacial score (nSPS) is 21.9. The van der Waals surface area contributed by atoms with Crippen molar-refractivity contribution in [1.82, 2.24) is 0 Å². The van der Waals surface area contributed by atoms with E-state index in [2.05, 4.69) is 54.3 Å². The SMILES string of the molecule is [2H]C(CCCCCCCCCCCC)CO[C@H]1C(O/C=C/C)O[C@H](CO[Si](C)(C)C(C)(C)C)[C@@H](OC(=O)OCC=C)[C@@H]1OCCCCCCCCCC. The van der Waals surface area contributed by atoms with Gasteiger partial charge in [-0.25, -0.2) is 4.79 Å². The molecule has 6 atom stereocenters. The number of hydrogen-bond acceptors (Lipinski definition) is 8. The van der Waals surface area contributed by atoms with Crippen LogP contribution in [0.3, 0.4) is 0 Å². The summed E-state index contributed by atoms with van der Waals surface area (Å²) in [5.41, 5.74) is 0. The zero-order valence-electron chi connectivity index (χ0n) is 35.9. The van der Waals surface area contributed by atoms with Crippen molar-refractivity contribution in [2.24, 2.45) is 0 Å². The monoisotopic (exact) mass is 756 g/mol. The third-order valence-electron chi connectivity index (χ3n) is 10.4. The van der Waals surface area contributed by atoms with E-state index in [9.17, 15) is 4.79 Å². The van der Waals surface area contributed by atoms with Crippen LogP contribution in [0.5, 0.6) is 0 Å². The molecule has 1 aliphatic rings. The summed E-state index contributed by atoms with van der Waals surface area (Å²) in [6, 6.07) is 0. The van der Waals surface area contributed by atoms with E-state index in [1.54, 1.807) is 12.3 Å². The molecule has 1 fully saturated rings. The molecular weight excluding hydrogens is 673 g/mol. The van der Waals surface area contributed by atoms with E-state index in [1.807, 2.05) is 6.92 Å². The fraction of sp³-hybridized carbons (Fsp3) is 0.884. The van der Waals surface area contributed by atoms with Gasteiger partial charge in [0.15, 0.2) is 14.4 Å². The number of hydrogen-bond donors (Lipinski definition) is 0. The molecule has 0 saturated carbocycles. The predicted molar refractivity (Wildman–Crippen MR) is 217 cm³/mol. The molecule has 0 spiro atoms. The minimum atomic E-state index is -2.20. The fourth-order valence-electron chi connectivity index (χ4n) is 6.06. The van der Waals surface area contributed by atoms with E-state index in [1.165, 1.54) is 89.5 Å². The van der Waals surface area contributed by atoms with E-state index in [0.717, 1.165) is 38.5 Å². The van der Waals surface area contributed by atoms with Crippen LogP contribution in [0.2, 0.25) is 18.1 Å². The van der Waals surface area contributed by atoms with Gasteiger partial charge in [-0.2, -0.15) is 0 Å². The Morgan fingerprint density at radius 1 is 0.769 bits per heavy atom. The van der Waals surface area contributed by atoms with Crippen molar-refractivity contribution in [1.29, 1.82) is 0 Å². The lowest BCUT2D eigenvalue weighted by atomic mass is 9.98. The van der Waals surface area contributed by atoms with E-state index >= 15 is 0 Å². The highest BCUT2D eigenvalue weighted by atomic mass is 28.4. The summed E-state index contributed by atoms with van der Waals surface area (Å²) in [5.74, 6) is 0. The van der Waals surface area contributed by atoms with Gasteiger partial charge in [0, 0.05) is 14.6 Å². The van der Waals surface area contributed by atoms with Crippen LogP contribution < -0.4 is 0 Å². The summed E-state index contributed by atoms with van der Waals surface area (Å²) < 4.78 is 52.5. The zero-order valence-corrected chi connectivity index (χ0v) is 35.9. The van der Waals surface area contributed by atoms with E-state index in [4.69, 9.17) is 34.2 Å². The summed E-state index contributed by atoms with van der Waals surface area (Å²) in [5, 5.41) is -0.0305. The number of carbonyl (C=O) groups excluding carboxylic acids is 1. The second-order valence-corrected chi connectivity index (χ2v) is 20.8. The van der Waals surface area contributed by atoms with Crippen molar-refractivity contribution >= 4 is 14.5 Å². The van der Waals surface area contributed by atoms with Gasteiger partial charge in [-0.1, -0.05) is 169 Å². The van der Waals surface area contributed by atoms with Crippen LogP contribution in [0, 0.1) is 0 Å². The van der Waals surface area contributed by atoms with Crippen molar-refractivity contribution in [3.63, 3.8) is 0 Å². The van der Waals surface area contributed by atoms with Gasteiger partial charge in [-0.15, -0.1) is 0 Å². The molecule has 0 aromatic heterocycles. The largest absolute Gasteiger partial charge is 0.509 e. The Morgan fingerprint density at radius 3 is 1.81 bits per heavy atom. The van der Waals surface area contributed by atoms with Crippen LogP contribution >= 0.6 is 0 Å². The summed E-state index contributed by atoms with van der Waals surface area (Å²) in [6.45, 7) is 21.8. The van der Waals surface area contributed by atoms with Crippen molar-refractivity contribution in [3.05, 3.63) is 25.0 Å². The smallest absolute Gasteiger partial charge is 0.470 e. The Labute approximate surface area is 323 Å². The first-order chi connectivity index (χ1) is 25.4.